The summed E-state index contributed by atoms with van der Waals surface area (Å²) in [5.41, 5.74) is 2.44. The summed E-state index contributed by atoms with van der Waals surface area (Å²) in [6, 6.07) is 6.14. The van der Waals surface area contributed by atoms with Gasteiger partial charge < -0.3 is 15.3 Å². The Labute approximate surface area is 114 Å². The Kier molecular flexibility index (Phi) is 3.80. The van der Waals surface area contributed by atoms with E-state index in [0.717, 1.165) is 17.8 Å². The van der Waals surface area contributed by atoms with Gasteiger partial charge in [0.25, 0.3) is 5.91 Å². The van der Waals surface area contributed by atoms with Crippen LogP contribution in [-0.2, 0) is 4.79 Å². The second-order valence-electron chi connectivity index (χ2n) is 5.75. The zero-order chi connectivity index (χ0) is 14.2. The molecule has 19 heavy (non-hydrogen) atoms. The quantitative estimate of drug-likeness (QED) is 0.876. The van der Waals surface area contributed by atoms with Crippen LogP contribution in [0, 0.1) is 5.92 Å². The predicted molar refractivity (Wildman–Crippen MR) is 77.4 cm³/mol. The molecule has 0 aromatic heterocycles. The molecule has 2 N–H and O–H groups in total. The maximum atomic E-state index is 11.4. The summed E-state index contributed by atoms with van der Waals surface area (Å²) in [4.78, 5) is 13.6. The van der Waals surface area contributed by atoms with Crippen LogP contribution in [0.15, 0.2) is 18.2 Å². The van der Waals surface area contributed by atoms with Gasteiger partial charge in [-0.1, -0.05) is 19.9 Å². The number of nitrogens with one attached hydrogen (secondary N) is 1. The first-order valence-electron chi connectivity index (χ1n) is 6.76. The molecule has 1 aromatic carbocycles. The van der Waals surface area contributed by atoms with Gasteiger partial charge in [0, 0.05) is 30.0 Å². The molecule has 2 unspecified atom stereocenters. The highest BCUT2D eigenvalue weighted by molar-refractivity contribution is 6.02. The van der Waals surface area contributed by atoms with Crippen molar-refractivity contribution in [3.8, 4) is 0 Å². The molecule has 1 aliphatic heterocycles. The topological polar surface area (TPSA) is 52.6 Å². The van der Waals surface area contributed by atoms with Gasteiger partial charge >= 0.3 is 0 Å². The fourth-order valence-corrected chi connectivity index (χ4v) is 2.55. The highest BCUT2D eigenvalue weighted by atomic mass is 16.3. The lowest BCUT2D eigenvalue weighted by atomic mass is 10.0. The number of carbonyl (C=O) groups is 1. The molecule has 2 rings (SSSR count). The van der Waals surface area contributed by atoms with Crippen LogP contribution in [0.3, 0.4) is 0 Å². The summed E-state index contributed by atoms with van der Waals surface area (Å²) in [6.45, 7) is 6.62. The number of hydrogen-bond donors (Lipinski definition) is 2. The molecular weight excluding hydrogens is 240 g/mol. The number of amides is 1. The summed E-state index contributed by atoms with van der Waals surface area (Å²) in [5, 5.41) is 12.4. The van der Waals surface area contributed by atoms with Crippen molar-refractivity contribution in [2.45, 2.75) is 39.3 Å². The summed E-state index contributed by atoms with van der Waals surface area (Å²) in [7, 11) is 2.06. The van der Waals surface area contributed by atoms with E-state index in [0.29, 0.717) is 17.5 Å². The van der Waals surface area contributed by atoms with Gasteiger partial charge in [-0.3, -0.25) is 4.79 Å². The van der Waals surface area contributed by atoms with Crippen molar-refractivity contribution in [1.29, 1.82) is 0 Å². The first-order chi connectivity index (χ1) is 8.90. The van der Waals surface area contributed by atoms with Crippen LogP contribution in [0.4, 0.5) is 11.4 Å². The zero-order valence-corrected chi connectivity index (χ0v) is 12.0. The van der Waals surface area contributed by atoms with E-state index in [2.05, 4.69) is 38.0 Å². The molecule has 1 aromatic rings. The Bertz CT molecular complexity index is 485. The Morgan fingerprint density at radius 2 is 2.05 bits per heavy atom. The van der Waals surface area contributed by atoms with Gasteiger partial charge in [-0.25, -0.2) is 0 Å². The number of hydrogen-bond acceptors (Lipinski definition) is 3. The van der Waals surface area contributed by atoms with Crippen molar-refractivity contribution in [3.05, 3.63) is 23.8 Å². The SMILES string of the molecule is CC(C)CC(C)N(C)c1ccc2c(c1)NC(=O)C2O. The first kappa shape index (κ1) is 13.9. The molecule has 0 spiro atoms. The second kappa shape index (κ2) is 5.21. The van der Waals surface area contributed by atoms with E-state index in [1.807, 2.05) is 18.2 Å². The maximum absolute atomic E-state index is 11.4. The lowest BCUT2D eigenvalue weighted by molar-refractivity contribution is -0.123. The number of aliphatic hydroxyl groups is 1. The van der Waals surface area contributed by atoms with Gasteiger partial charge in [0.05, 0.1) is 0 Å². The summed E-state index contributed by atoms with van der Waals surface area (Å²) < 4.78 is 0. The number of carbonyl (C=O) groups excluding carboxylic acids is 1. The van der Waals surface area contributed by atoms with Gasteiger partial charge in [-0.15, -0.1) is 0 Å². The third kappa shape index (κ3) is 2.73. The van der Waals surface area contributed by atoms with Crippen LogP contribution in [0.1, 0.15) is 38.9 Å². The van der Waals surface area contributed by atoms with E-state index in [9.17, 15) is 9.90 Å². The maximum Gasteiger partial charge on any atom is 0.257 e. The number of fused-ring (bicyclic) bond motifs is 1. The first-order valence-corrected chi connectivity index (χ1v) is 6.76. The van der Waals surface area contributed by atoms with Crippen molar-refractivity contribution < 1.29 is 9.90 Å². The van der Waals surface area contributed by atoms with Gasteiger partial charge in [-0.2, -0.15) is 0 Å². The van der Waals surface area contributed by atoms with Crippen LogP contribution in [0.2, 0.25) is 0 Å². The van der Waals surface area contributed by atoms with Crippen LogP contribution in [-0.4, -0.2) is 24.1 Å². The summed E-state index contributed by atoms with van der Waals surface area (Å²) in [5.74, 6) is 0.304. The molecule has 1 amide bonds. The van der Waals surface area contributed by atoms with E-state index >= 15 is 0 Å². The minimum atomic E-state index is -1.03. The standard InChI is InChI=1S/C15H22N2O2/c1-9(2)7-10(3)17(4)11-5-6-12-13(8-11)16-15(19)14(12)18/h5-6,8-10,14,18H,7H2,1-4H3,(H,16,19). The highest BCUT2D eigenvalue weighted by Gasteiger charge is 2.28. The van der Waals surface area contributed by atoms with Gasteiger partial charge in [0.15, 0.2) is 6.10 Å². The number of benzene rings is 1. The highest BCUT2D eigenvalue weighted by Crippen LogP contribution is 2.34. The summed E-state index contributed by atoms with van der Waals surface area (Å²) >= 11 is 0. The molecule has 1 heterocycles. The smallest absolute Gasteiger partial charge is 0.257 e. The zero-order valence-electron chi connectivity index (χ0n) is 12.0. The fraction of sp³-hybridized carbons (Fsp3) is 0.533. The van der Waals surface area contributed by atoms with Gasteiger partial charge in [-0.05, 0) is 31.4 Å². The van der Waals surface area contributed by atoms with Crippen LogP contribution >= 0.6 is 0 Å². The predicted octanol–water partition coefficient (Wildman–Crippen LogP) is 2.54. The molecule has 2 atom stereocenters. The van der Waals surface area contributed by atoms with E-state index in [1.165, 1.54) is 0 Å². The lowest BCUT2D eigenvalue weighted by Gasteiger charge is -2.28. The minimum Gasteiger partial charge on any atom is -0.378 e. The minimum absolute atomic E-state index is 0.343. The molecule has 0 bridgehead atoms. The Hall–Kier alpha value is -1.55. The van der Waals surface area contributed by atoms with Crippen molar-refractivity contribution in [1.82, 2.24) is 0 Å². The largest absolute Gasteiger partial charge is 0.378 e. The molecule has 0 fully saturated rings. The number of nitrogens with zero attached hydrogens (tertiary/aromatic N) is 1. The van der Waals surface area contributed by atoms with Crippen molar-refractivity contribution in [2.24, 2.45) is 5.92 Å². The molecule has 4 nitrogen and oxygen atoms in total. The van der Waals surface area contributed by atoms with Crippen LogP contribution < -0.4 is 10.2 Å². The monoisotopic (exact) mass is 262 g/mol. The molecule has 0 radical (unpaired) electrons. The van der Waals surface area contributed by atoms with Crippen LogP contribution in [0.5, 0.6) is 0 Å². The van der Waals surface area contributed by atoms with E-state index in [1.54, 1.807) is 0 Å². The Morgan fingerprint density at radius 3 is 2.68 bits per heavy atom. The number of aliphatic hydroxyl groups excluding tert-OH is 1. The molecule has 0 aliphatic carbocycles. The fourth-order valence-electron chi connectivity index (χ4n) is 2.55. The van der Waals surface area contributed by atoms with Gasteiger partial charge in [0.1, 0.15) is 0 Å². The second-order valence-corrected chi connectivity index (χ2v) is 5.75. The molecule has 0 saturated heterocycles. The Balaban J connectivity index is 2.19. The molecular formula is C15H22N2O2. The van der Waals surface area contributed by atoms with E-state index in [4.69, 9.17) is 0 Å². The van der Waals surface area contributed by atoms with Crippen molar-refractivity contribution in [2.75, 3.05) is 17.3 Å². The third-order valence-electron chi connectivity index (χ3n) is 3.72. The number of rotatable bonds is 4. The van der Waals surface area contributed by atoms with Gasteiger partial charge in [0.2, 0.25) is 0 Å². The molecule has 0 saturated carbocycles. The van der Waals surface area contributed by atoms with Crippen molar-refractivity contribution >= 4 is 17.3 Å². The Morgan fingerprint density at radius 1 is 1.37 bits per heavy atom. The molecule has 4 heteroatoms. The average molecular weight is 262 g/mol. The van der Waals surface area contributed by atoms with Crippen LogP contribution in [0.25, 0.3) is 0 Å². The van der Waals surface area contributed by atoms with Crippen molar-refractivity contribution in [3.63, 3.8) is 0 Å². The lowest BCUT2D eigenvalue weighted by Crippen LogP contribution is -2.30. The molecule has 104 valence electrons. The summed E-state index contributed by atoms with van der Waals surface area (Å²) in [6.07, 6.45) is 0.0881. The number of anilines is 2. The third-order valence-corrected chi connectivity index (χ3v) is 3.72. The normalized spacial score (nSPS) is 19.3. The van der Waals surface area contributed by atoms with E-state index in [-0.39, 0.29) is 5.91 Å². The molecule has 1 aliphatic rings. The van der Waals surface area contributed by atoms with E-state index < -0.39 is 6.10 Å². The average Bonchev–Trinajstić information content (AvgIpc) is 2.63.